The lowest BCUT2D eigenvalue weighted by molar-refractivity contribution is 0.0954. The third kappa shape index (κ3) is 7.10. The molecule has 3 aromatic carbocycles. The van der Waals surface area contributed by atoms with E-state index >= 15 is 0 Å². The van der Waals surface area contributed by atoms with Crippen molar-refractivity contribution in [2.75, 3.05) is 13.7 Å². The zero-order valence-corrected chi connectivity index (χ0v) is 23.4. The number of ether oxygens (including phenoxy) is 2. The molecule has 0 fully saturated rings. The van der Waals surface area contributed by atoms with Gasteiger partial charge < -0.3 is 13.7 Å². The summed E-state index contributed by atoms with van der Waals surface area (Å²) >= 11 is 12.5. The van der Waals surface area contributed by atoms with E-state index in [1.165, 1.54) is 43.7 Å². The molecule has 8 nitrogen and oxygen atoms in total. The van der Waals surface area contributed by atoms with Crippen LogP contribution in [-0.4, -0.2) is 34.3 Å². The number of amides is 1. The number of carbonyl (C=O) groups excluding carboxylic acids is 1. The highest BCUT2D eigenvalue weighted by Gasteiger charge is 2.21. The van der Waals surface area contributed by atoms with Crippen molar-refractivity contribution in [1.82, 2.24) is 5.43 Å². The highest BCUT2D eigenvalue weighted by molar-refractivity contribution is 9.11. The SMILES string of the molecule is C=CCOc1ccc(C(=O)N/N=C/c2cc(Br)cc(Br)c2OS(=O)(=O)c2ccc(Cl)cc2)cc1OC. The zero-order chi connectivity index (χ0) is 26.3. The fraction of sp³-hybridized carbons (Fsp3) is 0.0833. The molecule has 3 aromatic rings. The maximum Gasteiger partial charge on any atom is 0.339 e. The predicted octanol–water partition coefficient (Wildman–Crippen LogP) is 5.97. The Bertz CT molecular complexity index is 1410. The molecule has 1 amide bonds. The van der Waals surface area contributed by atoms with Crippen molar-refractivity contribution >= 4 is 65.7 Å². The molecule has 0 radical (unpaired) electrons. The van der Waals surface area contributed by atoms with Crippen LogP contribution < -0.4 is 19.1 Å². The minimum atomic E-state index is -4.18. The Kier molecular flexibility index (Phi) is 9.55. The summed E-state index contributed by atoms with van der Waals surface area (Å²) in [6.45, 7) is 3.88. The van der Waals surface area contributed by atoms with Gasteiger partial charge in [0.1, 0.15) is 11.5 Å². The van der Waals surface area contributed by atoms with Gasteiger partial charge in [-0.05, 0) is 70.5 Å². The van der Waals surface area contributed by atoms with Gasteiger partial charge in [-0.2, -0.15) is 13.5 Å². The molecule has 0 aliphatic rings. The van der Waals surface area contributed by atoms with Gasteiger partial charge >= 0.3 is 10.1 Å². The molecule has 0 unspecified atom stereocenters. The van der Waals surface area contributed by atoms with Gasteiger partial charge in [-0.1, -0.05) is 40.2 Å². The Morgan fingerprint density at radius 1 is 1.11 bits per heavy atom. The Labute approximate surface area is 230 Å². The van der Waals surface area contributed by atoms with Crippen LogP contribution in [0.1, 0.15) is 15.9 Å². The van der Waals surface area contributed by atoms with Crippen LogP contribution in [0.5, 0.6) is 17.2 Å². The van der Waals surface area contributed by atoms with Crippen LogP contribution in [-0.2, 0) is 10.1 Å². The lowest BCUT2D eigenvalue weighted by Crippen LogP contribution is -2.18. The number of carbonyl (C=O) groups is 1. The van der Waals surface area contributed by atoms with E-state index in [4.69, 9.17) is 25.3 Å². The molecule has 0 aliphatic carbocycles. The van der Waals surface area contributed by atoms with Crippen LogP contribution in [0.4, 0.5) is 0 Å². The monoisotopic (exact) mass is 656 g/mol. The lowest BCUT2D eigenvalue weighted by Gasteiger charge is -2.12. The van der Waals surface area contributed by atoms with Gasteiger partial charge in [-0.25, -0.2) is 5.43 Å². The van der Waals surface area contributed by atoms with Crippen molar-refractivity contribution in [1.29, 1.82) is 0 Å². The molecule has 188 valence electrons. The molecule has 0 saturated carbocycles. The van der Waals surface area contributed by atoms with E-state index in [0.717, 1.165) is 0 Å². The second kappa shape index (κ2) is 12.4. The van der Waals surface area contributed by atoms with Crippen LogP contribution in [0.25, 0.3) is 0 Å². The summed E-state index contributed by atoms with van der Waals surface area (Å²) in [4.78, 5) is 12.5. The molecule has 0 bridgehead atoms. The number of methoxy groups -OCH3 is 1. The van der Waals surface area contributed by atoms with Crippen LogP contribution in [0, 0.1) is 0 Å². The molecule has 36 heavy (non-hydrogen) atoms. The Morgan fingerprint density at radius 3 is 2.50 bits per heavy atom. The van der Waals surface area contributed by atoms with E-state index < -0.39 is 16.0 Å². The van der Waals surface area contributed by atoms with Gasteiger partial charge in [-0.15, -0.1) is 0 Å². The molecule has 0 atom stereocenters. The fourth-order valence-electron chi connectivity index (χ4n) is 2.82. The van der Waals surface area contributed by atoms with E-state index in [1.807, 2.05) is 0 Å². The standard InChI is InChI=1S/C24H19Br2ClN2O6S/c1-3-10-34-21-9-4-15(12-22(21)33-2)24(30)29-28-14-16-11-17(25)13-20(26)23(16)35-36(31,32)19-7-5-18(27)6-8-19/h3-9,11-14H,1,10H2,2H3,(H,29,30)/b28-14+. The van der Waals surface area contributed by atoms with Crippen molar-refractivity contribution in [2.45, 2.75) is 4.90 Å². The second-order valence-electron chi connectivity index (χ2n) is 6.96. The van der Waals surface area contributed by atoms with Gasteiger partial charge in [0.2, 0.25) is 0 Å². The summed E-state index contributed by atoms with van der Waals surface area (Å²) in [6, 6.07) is 13.4. The van der Waals surface area contributed by atoms with Gasteiger partial charge in [-0.3, -0.25) is 4.79 Å². The van der Waals surface area contributed by atoms with Crippen molar-refractivity contribution in [3.05, 3.63) is 92.3 Å². The Hall–Kier alpha value is -2.86. The number of nitrogens with one attached hydrogen (secondary N) is 1. The van der Waals surface area contributed by atoms with Crippen molar-refractivity contribution in [3.63, 3.8) is 0 Å². The molecule has 0 saturated heterocycles. The molecule has 0 aliphatic heterocycles. The number of halogens is 3. The van der Waals surface area contributed by atoms with Crippen LogP contribution in [0.2, 0.25) is 5.02 Å². The van der Waals surface area contributed by atoms with Crippen LogP contribution >= 0.6 is 43.5 Å². The Morgan fingerprint density at radius 2 is 1.83 bits per heavy atom. The number of hydrogen-bond acceptors (Lipinski definition) is 7. The van der Waals surface area contributed by atoms with Crippen LogP contribution in [0.15, 0.2) is 86.2 Å². The minimum absolute atomic E-state index is 0.0171. The van der Waals surface area contributed by atoms with Crippen molar-refractivity contribution < 1.29 is 26.9 Å². The topological polar surface area (TPSA) is 103 Å². The quantitative estimate of drug-likeness (QED) is 0.125. The molecule has 0 heterocycles. The molecule has 0 spiro atoms. The molecule has 12 heteroatoms. The summed E-state index contributed by atoms with van der Waals surface area (Å²) < 4.78 is 42.7. The normalized spacial score (nSPS) is 11.2. The first kappa shape index (κ1) is 27.7. The average molecular weight is 659 g/mol. The third-order valence-corrected chi connectivity index (χ3v) is 7.02. The van der Waals surface area contributed by atoms with Crippen LogP contribution in [0.3, 0.4) is 0 Å². The minimum Gasteiger partial charge on any atom is -0.493 e. The largest absolute Gasteiger partial charge is 0.493 e. The molecular weight excluding hydrogens is 640 g/mol. The van der Waals surface area contributed by atoms with Crippen molar-refractivity contribution in [2.24, 2.45) is 5.10 Å². The highest BCUT2D eigenvalue weighted by atomic mass is 79.9. The molecule has 3 rings (SSSR count). The number of hydrazone groups is 1. The second-order valence-corrected chi connectivity index (χ2v) is 10.7. The zero-order valence-electron chi connectivity index (χ0n) is 18.7. The average Bonchev–Trinajstić information content (AvgIpc) is 2.84. The van der Waals surface area contributed by atoms with E-state index in [9.17, 15) is 13.2 Å². The summed E-state index contributed by atoms with van der Waals surface area (Å²) in [5.41, 5.74) is 2.94. The summed E-state index contributed by atoms with van der Waals surface area (Å²) in [7, 11) is -2.72. The maximum absolute atomic E-state index is 12.8. The number of nitrogens with zero attached hydrogens (tertiary/aromatic N) is 1. The lowest BCUT2D eigenvalue weighted by atomic mass is 10.2. The van der Waals surface area contributed by atoms with Gasteiger partial charge in [0.25, 0.3) is 5.91 Å². The van der Waals surface area contributed by atoms with E-state index in [2.05, 4.69) is 49.0 Å². The first-order chi connectivity index (χ1) is 17.1. The van der Waals surface area contributed by atoms with Gasteiger partial charge in [0, 0.05) is 20.6 Å². The summed E-state index contributed by atoms with van der Waals surface area (Å²) in [5.74, 6) is 0.286. The van der Waals surface area contributed by atoms with E-state index in [0.29, 0.717) is 25.5 Å². The summed E-state index contributed by atoms with van der Waals surface area (Å²) in [6.07, 6.45) is 2.85. The number of benzene rings is 3. The number of rotatable bonds is 10. The van der Waals surface area contributed by atoms with Gasteiger partial charge in [0.05, 0.1) is 17.8 Å². The first-order valence-corrected chi connectivity index (χ1v) is 13.5. The number of hydrogen-bond donors (Lipinski definition) is 1. The Balaban J connectivity index is 1.82. The summed E-state index contributed by atoms with van der Waals surface area (Å²) in [5, 5.41) is 4.35. The molecule has 1 N–H and O–H groups in total. The molecule has 0 aromatic heterocycles. The first-order valence-electron chi connectivity index (χ1n) is 10.1. The maximum atomic E-state index is 12.8. The van der Waals surface area contributed by atoms with E-state index in [-0.39, 0.29) is 28.4 Å². The fourth-order valence-corrected chi connectivity index (χ4v) is 5.37. The van der Waals surface area contributed by atoms with Crippen molar-refractivity contribution in [3.8, 4) is 17.2 Å². The van der Waals surface area contributed by atoms with Gasteiger partial charge in [0.15, 0.2) is 17.2 Å². The highest BCUT2D eigenvalue weighted by Crippen LogP contribution is 2.34. The van der Waals surface area contributed by atoms with E-state index in [1.54, 1.807) is 30.3 Å². The molecular formula is C24H19Br2ClN2O6S. The predicted molar refractivity (Wildman–Crippen MR) is 145 cm³/mol. The third-order valence-electron chi connectivity index (χ3n) is 4.48. The smallest absolute Gasteiger partial charge is 0.339 e.